The van der Waals surface area contributed by atoms with E-state index >= 15 is 0 Å². The first-order chi connectivity index (χ1) is 12.3. The third-order valence-corrected chi connectivity index (χ3v) is 4.92. The number of nitrogens with zero attached hydrogens (tertiary/aromatic N) is 5. The molecule has 1 unspecified atom stereocenters. The number of carbonyl (C=O) groups excluding carboxylic acids is 1. The van der Waals surface area contributed by atoms with Crippen LogP contribution in [0, 0.1) is 0 Å². The minimum atomic E-state index is 0.0466. The molecule has 1 atom stereocenters. The third-order valence-electron chi connectivity index (χ3n) is 4.92. The fourth-order valence-electron chi connectivity index (χ4n) is 3.57. The van der Waals surface area contributed by atoms with E-state index in [1.54, 1.807) is 11.0 Å². The summed E-state index contributed by atoms with van der Waals surface area (Å²) in [5.74, 6) is 0.205. The van der Waals surface area contributed by atoms with E-state index in [1.807, 2.05) is 11.0 Å². The summed E-state index contributed by atoms with van der Waals surface area (Å²) < 4.78 is 7.58. The van der Waals surface area contributed by atoms with Crippen LogP contribution in [0.1, 0.15) is 11.1 Å². The highest BCUT2D eigenvalue weighted by Crippen LogP contribution is 2.19. The Labute approximate surface area is 147 Å². The number of morpholine rings is 1. The number of amides is 1. The molecule has 2 aromatic rings. The average Bonchev–Trinajstić information content (AvgIpc) is 3.14. The second kappa shape index (κ2) is 7.33. The summed E-state index contributed by atoms with van der Waals surface area (Å²) in [6.07, 6.45) is 4.21. The summed E-state index contributed by atoms with van der Waals surface area (Å²) in [5, 5.41) is 4.12. The molecular weight excluding hydrogens is 318 g/mol. The van der Waals surface area contributed by atoms with Crippen LogP contribution < -0.4 is 0 Å². The van der Waals surface area contributed by atoms with E-state index in [-0.39, 0.29) is 12.0 Å². The summed E-state index contributed by atoms with van der Waals surface area (Å²) in [5.41, 5.74) is 2.64. The van der Waals surface area contributed by atoms with Gasteiger partial charge in [0.2, 0.25) is 5.91 Å². The van der Waals surface area contributed by atoms with Crippen LogP contribution in [0.3, 0.4) is 0 Å². The van der Waals surface area contributed by atoms with E-state index in [1.165, 1.54) is 17.5 Å². The first-order valence-corrected chi connectivity index (χ1v) is 8.79. The van der Waals surface area contributed by atoms with Gasteiger partial charge < -0.3 is 9.64 Å². The van der Waals surface area contributed by atoms with Crippen LogP contribution in [0.15, 0.2) is 36.9 Å². The molecule has 1 aromatic heterocycles. The number of ether oxygens (including phenoxy) is 1. The standard InChI is InChI=1S/C18H23N5O2/c24-18(22-6-5-15-3-1-2-4-16(15)9-22)12-21-7-8-25-17(10-21)11-23-14-19-13-20-23/h1-4,13-14,17H,5-12H2. The van der Waals surface area contributed by atoms with Crippen molar-refractivity contribution in [3.05, 3.63) is 48.0 Å². The Kier molecular flexibility index (Phi) is 4.76. The molecule has 0 N–H and O–H groups in total. The summed E-state index contributed by atoms with van der Waals surface area (Å²) in [7, 11) is 0. The van der Waals surface area contributed by atoms with Gasteiger partial charge >= 0.3 is 0 Å². The zero-order valence-corrected chi connectivity index (χ0v) is 14.3. The average molecular weight is 341 g/mol. The predicted octanol–water partition coefficient (Wildman–Crippen LogP) is 0.564. The number of hydrogen-bond acceptors (Lipinski definition) is 5. The number of aromatic nitrogens is 3. The molecule has 0 radical (unpaired) electrons. The van der Waals surface area contributed by atoms with Gasteiger partial charge in [-0.3, -0.25) is 14.4 Å². The molecule has 7 nitrogen and oxygen atoms in total. The minimum Gasteiger partial charge on any atom is -0.374 e. The number of fused-ring (bicyclic) bond motifs is 1. The second-order valence-corrected chi connectivity index (χ2v) is 6.68. The fraction of sp³-hybridized carbons (Fsp3) is 0.500. The van der Waals surface area contributed by atoms with Gasteiger partial charge in [-0.1, -0.05) is 24.3 Å². The lowest BCUT2D eigenvalue weighted by molar-refractivity contribution is -0.135. The summed E-state index contributed by atoms with van der Waals surface area (Å²) >= 11 is 0. The first kappa shape index (κ1) is 16.2. The summed E-state index contributed by atoms with van der Waals surface area (Å²) in [4.78, 5) is 20.8. The SMILES string of the molecule is O=C(CN1CCOC(Cn2cncn2)C1)N1CCc2ccccc2C1. The van der Waals surface area contributed by atoms with Crippen molar-refractivity contribution < 1.29 is 9.53 Å². The van der Waals surface area contributed by atoms with Crippen molar-refractivity contribution in [1.82, 2.24) is 24.6 Å². The molecule has 1 saturated heterocycles. The Morgan fingerprint density at radius 3 is 2.96 bits per heavy atom. The summed E-state index contributed by atoms with van der Waals surface area (Å²) in [6, 6.07) is 8.40. The Balaban J connectivity index is 1.32. The number of benzene rings is 1. The Hall–Kier alpha value is -2.25. The molecule has 2 aliphatic heterocycles. The van der Waals surface area contributed by atoms with E-state index in [0.717, 1.165) is 32.6 Å². The van der Waals surface area contributed by atoms with E-state index in [0.29, 0.717) is 19.7 Å². The van der Waals surface area contributed by atoms with Crippen molar-refractivity contribution >= 4 is 5.91 Å². The van der Waals surface area contributed by atoms with Crippen molar-refractivity contribution in [3.63, 3.8) is 0 Å². The Morgan fingerprint density at radius 2 is 2.12 bits per heavy atom. The van der Waals surface area contributed by atoms with Crippen LogP contribution >= 0.6 is 0 Å². The normalized spacial score (nSPS) is 21.1. The molecule has 4 rings (SSSR count). The van der Waals surface area contributed by atoms with Crippen LogP contribution in [0.4, 0.5) is 0 Å². The Morgan fingerprint density at radius 1 is 1.24 bits per heavy atom. The molecule has 25 heavy (non-hydrogen) atoms. The molecule has 2 aliphatic rings. The highest BCUT2D eigenvalue weighted by molar-refractivity contribution is 5.78. The predicted molar refractivity (Wildman–Crippen MR) is 91.8 cm³/mol. The van der Waals surface area contributed by atoms with Crippen molar-refractivity contribution in [2.24, 2.45) is 0 Å². The Bertz CT molecular complexity index is 718. The van der Waals surface area contributed by atoms with Gasteiger partial charge in [-0.05, 0) is 17.5 Å². The van der Waals surface area contributed by atoms with Crippen molar-refractivity contribution in [3.8, 4) is 0 Å². The van der Waals surface area contributed by atoms with Crippen LogP contribution in [0.5, 0.6) is 0 Å². The molecule has 0 aliphatic carbocycles. The van der Waals surface area contributed by atoms with Crippen LogP contribution in [-0.2, 0) is 29.0 Å². The lowest BCUT2D eigenvalue weighted by Gasteiger charge is -2.35. The lowest BCUT2D eigenvalue weighted by atomic mass is 10.00. The van der Waals surface area contributed by atoms with Gasteiger partial charge in [0, 0.05) is 26.2 Å². The maximum Gasteiger partial charge on any atom is 0.237 e. The van der Waals surface area contributed by atoms with Crippen molar-refractivity contribution in [2.75, 3.05) is 32.8 Å². The van der Waals surface area contributed by atoms with Gasteiger partial charge in [-0.25, -0.2) is 4.98 Å². The highest BCUT2D eigenvalue weighted by Gasteiger charge is 2.26. The first-order valence-electron chi connectivity index (χ1n) is 8.79. The molecule has 3 heterocycles. The largest absolute Gasteiger partial charge is 0.374 e. The number of carbonyl (C=O) groups is 1. The maximum absolute atomic E-state index is 12.7. The van der Waals surface area contributed by atoms with Gasteiger partial charge in [0.15, 0.2) is 0 Å². The van der Waals surface area contributed by atoms with E-state index in [2.05, 4.69) is 33.2 Å². The molecule has 0 spiro atoms. The topological polar surface area (TPSA) is 63.5 Å². The van der Waals surface area contributed by atoms with Crippen molar-refractivity contribution in [1.29, 1.82) is 0 Å². The van der Waals surface area contributed by atoms with Gasteiger partial charge in [-0.2, -0.15) is 5.10 Å². The fourth-order valence-corrected chi connectivity index (χ4v) is 3.57. The number of hydrogen-bond donors (Lipinski definition) is 0. The second-order valence-electron chi connectivity index (χ2n) is 6.68. The molecule has 1 amide bonds. The van der Waals surface area contributed by atoms with Gasteiger partial charge in [0.1, 0.15) is 12.7 Å². The van der Waals surface area contributed by atoms with Crippen molar-refractivity contribution in [2.45, 2.75) is 25.6 Å². The zero-order chi connectivity index (χ0) is 17.1. The van der Waals surface area contributed by atoms with Gasteiger partial charge in [-0.15, -0.1) is 0 Å². The lowest BCUT2D eigenvalue weighted by Crippen LogP contribution is -2.49. The zero-order valence-electron chi connectivity index (χ0n) is 14.3. The third kappa shape index (κ3) is 3.88. The molecule has 0 bridgehead atoms. The highest BCUT2D eigenvalue weighted by atomic mass is 16.5. The molecule has 1 fully saturated rings. The van der Waals surface area contributed by atoms with Gasteiger partial charge in [0.25, 0.3) is 0 Å². The molecule has 132 valence electrons. The maximum atomic E-state index is 12.7. The van der Waals surface area contributed by atoms with Crippen LogP contribution in [0.2, 0.25) is 0 Å². The molecule has 7 heteroatoms. The van der Waals surface area contributed by atoms with Crippen LogP contribution in [0.25, 0.3) is 0 Å². The quantitative estimate of drug-likeness (QED) is 0.813. The minimum absolute atomic E-state index is 0.0466. The summed E-state index contributed by atoms with van der Waals surface area (Å²) in [6.45, 7) is 4.85. The van der Waals surface area contributed by atoms with Gasteiger partial charge in [0.05, 0.1) is 25.8 Å². The monoisotopic (exact) mass is 341 g/mol. The smallest absolute Gasteiger partial charge is 0.237 e. The molecule has 1 aromatic carbocycles. The van der Waals surface area contributed by atoms with E-state index < -0.39 is 0 Å². The van der Waals surface area contributed by atoms with Crippen LogP contribution in [-0.4, -0.2) is 69.4 Å². The molecule has 0 saturated carbocycles. The molecular formula is C18H23N5O2. The van der Waals surface area contributed by atoms with E-state index in [4.69, 9.17) is 4.74 Å². The van der Waals surface area contributed by atoms with E-state index in [9.17, 15) is 4.79 Å². The number of rotatable bonds is 4.